The Kier molecular flexibility index (Phi) is 2.56. The van der Waals surface area contributed by atoms with E-state index in [0.29, 0.717) is 17.8 Å². The summed E-state index contributed by atoms with van der Waals surface area (Å²) in [5, 5.41) is 19.4. The van der Waals surface area contributed by atoms with E-state index in [9.17, 15) is 9.90 Å². The lowest BCUT2D eigenvalue weighted by atomic mass is 10.2. The minimum absolute atomic E-state index is 0.0258. The molecule has 0 amide bonds. The molecule has 0 aliphatic rings. The molecule has 1 heterocycles. The normalized spacial score (nSPS) is 10.8. The van der Waals surface area contributed by atoms with Crippen LogP contribution in [-0.4, -0.2) is 20.7 Å². The first-order valence-electron chi connectivity index (χ1n) is 5.15. The average Bonchev–Trinajstić information content (AvgIpc) is 2.55. The van der Waals surface area contributed by atoms with E-state index >= 15 is 0 Å². The number of nitrogens with zero attached hydrogens (tertiary/aromatic N) is 1. The third-order valence-electron chi connectivity index (χ3n) is 2.63. The van der Waals surface area contributed by atoms with Crippen LogP contribution in [0.25, 0.3) is 10.9 Å². The van der Waals surface area contributed by atoms with E-state index in [1.165, 1.54) is 0 Å². The SMILES string of the molecule is CCn1c(CC(=O)O)cc2cccc(O)c21. The van der Waals surface area contributed by atoms with Crippen molar-refractivity contribution in [3.05, 3.63) is 30.0 Å². The first kappa shape index (κ1) is 10.5. The van der Waals surface area contributed by atoms with E-state index in [1.54, 1.807) is 12.1 Å². The Hall–Kier alpha value is -1.97. The summed E-state index contributed by atoms with van der Waals surface area (Å²) in [5.41, 5.74) is 1.42. The third-order valence-corrected chi connectivity index (χ3v) is 2.63. The van der Waals surface area contributed by atoms with E-state index in [4.69, 9.17) is 5.11 Å². The zero-order chi connectivity index (χ0) is 11.7. The molecule has 4 nitrogen and oxygen atoms in total. The number of hydrogen-bond acceptors (Lipinski definition) is 2. The van der Waals surface area contributed by atoms with E-state index in [0.717, 1.165) is 5.39 Å². The lowest BCUT2D eigenvalue weighted by molar-refractivity contribution is -0.136. The Morgan fingerprint density at radius 1 is 1.44 bits per heavy atom. The van der Waals surface area contributed by atoms with Crippen molar-refractivity contribution in [1.82, 2.24) is 4.57 Å². The molecule has 0 spiro atoms. The standard InChI is InChI=1S/C12H13NO3/c1-2-13-9(7-11(15)16)6-8-4-3-5-10(14)12(8)13/h3-6,14H,2,7H2,1H3,(H,15,16). The summed E-state index contributed by atoms with van der Waals surface area (Å²) in [6.07, 6.45) is -0.0258. The third kappa shape index (κ3) is 1.62. The van der Waals surface area contributed by atoms with Gasteiger partial charge in [0.1, 0.15) is 5.75 Å². The number of carbonyl (C=O) groups is 1. The van der Waals surface area contributed by atoms with Crippen molar-refractivity contribution < 1.29 is 15.0 Å². The highest BCUT2D eigenvalue weighted by atomic mass is 16.4. The zero-order valence-corrected chi connectivity index (χ0v) is 8.97. The molecule has 16 heavy (non-hydrogen) atoms. The van der Waals surface area contributed by atoms with E-state index in [2.05, 4.69) is 0 Å². The number of rotatable bonds is 3. The van der Waals surface area contributed by atoms with Gasteiger partial charge in [0, 0.05) is 17.6 Å². The van der Waals surface area contributed by atoms with Crippen LogP contribution in [0.1, 0.15) is 12.6 Å². The molecule has 2 aromatic rings. The molecule has 0 unspecified atom stereocenters. The molecule has 1 aromatic carbocycles. The molecule has 2 N–H and O–H groups in total. The molecule has 0 aliphatic carbocycles. The predicted octanol–water partition coefficient (Wildman–Crippen LogP) is 1.99. The fraction of sp³-hybridized carbons (Fsp3) is 0.250. The van der Waals surface area contributed by atoms with Gasteiger partial charge in [-0.05, 0) is 19.1 Å². The number of benzene rings is 1. The maximum absolute atomic E-state index is 10.7. The van der Waals surface area contributed by atoms with Gasteiger partial charge in [0.05, 0.1) is 11.9 Å². The number of carboxylic acids is 1. The second-order valence-electron chi connectivity index (χ2n) is 3.67. The number of aromatic hydroxyl groups is 1. The smallest absolute Gasteiger partial charge is 0.309 e. The number of aryl methyl sites for hydroxylation is 1. The summed E-state index contributed by atoms with van der Waals surface area (Å²) in [7, 11) is 0. The van der Waals surface area contributed by atoms with Gasteiger partial charge in [-0.2, -0.15) is 0 Å². The highest BCUT2D eigenvalue weighted by Gasteiger charge is 2.12. The first-order valence-corrected chi connectivity index (χ1v) is 5.15. The van der Waals surface area contributed by atoms with Crippen LogP contribution in [0, 0.1) is 0 Å². The summed E-state index contributed by atoms with van der Waals surface area (Å²) < 4.78 is 1.83. The molecular weight excluding hydrogens is 206 g/mol. The second kappa shape index (κ2) is 3.89. The molecule has 0 saturated carbocycles. The van der Waals surface area contributed by atoms with Crippen molar-refractivity contribution in [1.29, 1.82) is 0 Å². The van der Waals surface area contributed by atoms with Gasteiger partial charge in [0.15, 0.2) is 0 Å². The van der Waals surface area contributed by atoms with Crippen molar-refractivity contribution in [2.24, 2.45) is 0 Å². The van der Waals surface area contributed by atoms with Crippen LogP contribution >= 0.6 is 0 Å². The van der Waals surface area contributed by atoms with Gasteiger partial charge >= 0.3 is 5.97 Å². The Bertz CT molecular complexity index is 542. The van der Waals surface area contributed by atoms with E-state index in [1.807, 2.05) is 23.6 Å². The average molecular weight is 219 g/mol. The number of aromatic nitrogens is 1. The molecule has 84 valence electrons. The first-order chi connectivity index (χ1) is 7.63. The van der Waals surface area contributed by atoms with Gasteiger partial charge in [0.2, 0.25) is 0 Å². The Morgan fingerprint density at radius 3 is 2.81 bits per heavy atom. The molecule has 0 fully saturated rings. The highest BCUT2D eigenvalue weighted by Crippen LogP contribution is 2.28. The van der Waals surface area contributed by atoms with Crippen LogP contribution in [-0.2, 0) is 17.8 Å². The van der Waals surface area contributed by atoms with Crippen LogP contribution in [0.3, 0.4) is 0 Å². The lowest BCUT2D eigenvalue weighted by Crippen LogP contribution is -2.06. The summed E-state index contributed by atoms with van der Waals surface area (Å²) >= 11 is 0. The van der Waals surface area contributed by atoms with Crippen molar-refractivity contribution in [3.8, 4) is 5.75 Å². The summed E-state index contributed by atoms with van der Waals surface area (Å²) in [6, 6.07) is 7.04. The second-order valence-corrected chi connectivity index (χ2v) is 3.67. The molecule has 0 bridgehead atoms. The van der Waals surface area contributed by atoms with Gasteiger partial charge in [-0.3, -0.25) is 4.79 Å². The molecule has 2 rings (SSSR count). The quantitative estimate of drug-likeness (QED) is 0.829. The molecule has 0 atom stereocenters. The van der Waals surface area contributed by atoms with Crippen molar-refractivity contribution in [2.75, 3.05) is 0 Å². The predicted molar refractivity (Wildman–Crippen MR) is 60.6 cm³/mol. The number of phenolic OH excluding ortho intramolecular Hbond substituents is 1. The van der Waals surface area contributed by atoms with Gasteiger partial charge < -0.3 is 14.8 Å². The fourth-order valence-corrected chi connectivity index (χ4v) is 2.02. The maximum Gasteiger partial charge on any atom is 0.309 e. The topological polar surface area (TPSA) is 62.5 Å². The fourth-order valence-electron chi connectivity index (χ4n) is 2.02. The lowest BCUT2D eigenvalue weighted by Gasteiger charge is -2.06. The molecule has 1 aromatic heterocycles. The highest BCUT2D eigenvalue weighted by molar-refractivity contribution is 5.87. The Morgan fingerprint density at radius 2 is 2.19 bits per heavy atom. The maximum atomic E-state index is 10.7. The zero-order valence-electron chi connectivity index (χ0n) is 8.97. The Balaban J connectivity index is 2.67. The molecule has 0 aliphatic heterocycles. The summed E-state index contributed by atoms with van der Waals surface area (Å²) in [6.45, 7) is 2.57. The van der Waals surface area contributed by atoms with Gasteiger partial charge in [-0.25, -0.2) is 0 Å². The summed E-state index contributed by atoms with van der Waals surface area (Å²) in [4.78, 5) is 10.7. The monoisotopic (exact) mass is 219 g/mol. The van der Waals surface area contributed by atoms with Gasteiger partial charge in [-0.15, -0.1) is 0 Å². The van der Waals surface area contributed by atoms with E-state index in [-0.39, 0.29) is 12.2 Å². The molecule has 0 radical (unpaired) electrons. The number of hydrogen-bond donors (Lipinski definition) is 2. The van der Waals surface area contributed by atoms with E-state index < -0.39 is 5.97 Å². The number of fused-ring (bicyclic) bond motifs is 1. The van der Waals surface area contributed by atoms with Crippen LogP contribution in [0.15, 0.2) is 24.3 Å². The number of aliphatic carboxylic acids is 1. The number of carboxylic acid groups (broad SMARTS) is 1. The van der Waals surface area contributed by atoms with Crippen LogP contribution in [0.5, 0.6) is 5.75 Å². The van der Waals surface area contributed by atoms with Gasteiger partial charge in [-0.1, -0.05) is 12.1 Å². The van der Waals surface area contributed by atoms with Crippen LogP contribution in [0.4, 0.5) is 0 Å². The van der Waals surface area contributed by atoms with Gasteiger partial charge in [0.25, 0.3) is 0 Å². The molecule has 4 heteroatoms. The van der Waals surface area contributed by atoms with Crippen molar-refractivity contribution in [3.63, 3.8) is 0 Å². The van der Waals surface area contributed by atoms with Crippen LogP contribution in [0.2, 0.25) is 0 Å². The van der Waals surface area contributed by atoms with Crippen LogP contribution < -0.4 is 0 Å². The molecule has 0 saturated heterocycles. The minimum atomic E-state index is -0.864. The van der Waals surface area contributed by atoms with Crippen molar-refractivity contribution >= 4 is 16.9 Å². The molecular formula is C12H13NO3. The summed E-state index contributed by atoms with van der Waals surface area (Å²) in [5.74, 6) is -0.673. The van der Waals surface area contributed by atoms with Crippen molar-refractivity contribution in [2.45, 2.75) is 19.9 Å². The number of para-hydroxylation sites is 1. The Labute approximate surface area is 92.7 Å². The minimum Gasteiger partial charge on any atom is -0.506 e. The largest absolute Gasteiger partial charge is 0.506 e. The number of phenols is 1.